The van der Waals surface area contributed by atoms with E-state index in [1.54, 1.807) is 12.1 Å². The predicted molar refractivity (Wildman–Crippen MR) is 200 cm³/mol. The Hall–Kier alpha value is -5.11. The second-order valence-corrected chi connectivity index (χ2v) is 12.8. The number of carbonyl (C=O) groups excluding carboxylic acids is 4. The molecule has 0 radical (unpaired) electrons. The Bertz CT molecular complexity index is 1540. The van der Waals surface area contributed by atoms with Gasteiger partial charge in [0, 0.05) is 12.8 Å². The van der Waals surface area contributed by atoms with Crippen LogP contribution in [0.15, 0.2) is 91.0 Å². The average molecular weight is 716 g/mol. The van der Waals surface area contributed by atoms with E-state index in [-0.39, 0.29) is 32.1 Å². The first-order chi connectivity index (χ1) is 25.1. The van der Waals surface area contributed by atoms with Crippen LogP contribution in [-0.2, 0) is 43.2 Å². The Kier molecular flexibility index (Phi) is 18.0. The lowest BCUT2D eigenvalue weighted by molar-refractivity contribution is -0.142. The van der Waals surface area contributed by atoms with Gasteiger partial charge in [-0.1, -0.05) is 91.0 Å². The summed E-state index contributed by atoms with van der Waals surface area (Å²) in [4.78, 5) is 66.8. The first-order valence-electron chi connectivity index (χ1n) is 17.8. The van der Waals surface area contributed by atoms with Gasteiger partial charge in [0.15, 0.2) is 0 Å². The van der Waals surface area contributed by atoms with Crippen LogP contribution in [0.3, 0.4) is 0 Å². The van der Waals surface area contributed by atoms with Crippen molar-refractivity contribution in [1.82, 2.24) is 21.3 Å². The van der Waals surface area contributed by atoms with Crippen LogP contribution < -0.4 is 38.5 Å². The zero-order valence-corrected chi connectivity index (χ0v) is 29.5. The number of rotatable bonds is 23. The molecule has 0 spiro atoms. The summed E-state index contributed by atoms with van der Waals surface area (Å²) in [5, 5.41) is 20.7. The molecule has 4 amide bonds. The molecule has 5 atom stereocenters. The van der Waals surface area contributed by atoms with Gasteiger partial charge in [0.05, 0.1) is 6.04 Å². The Morgan fingerprint density at radius 1 is 0.481 bits per heavy atom. The molecule has 0 saturated heterocycles. The number of unbranched alkanes of at least 4 members (excludes halogenated alkanes) is 2. The smallest absolute Gasteiger partial charge is 0.326 e. The van der Waals surface area contributed by atoms with E-state index in [0.29, 0.717) is 38.8 Å². The van der Waals surface area contributed by atoms with Crippen LogP contribution >= 0.6 is 0 Å². The van der Waals surface area contributed by atoms with Crippen LogP contribution in [0.25, 0.3) is 0 Å². The van der Waals surface area contributed by atoms with Gasteiger partial charge >= 0.3 is 5.97 Å². The Balaban J connectivity index is 1.85. The lowest BCUT2D eigenvalue weighted by Gasteiger charge is -2.27. The highest BCUT2D eigenvalue weighted by molar-refractivity contribution is 5.95. The van der Waals surface area contributed by atoms with Crippen molar-refractivity contribution >= 4 is 29.6 Å². The van der Waals surface area contributed by atoms with E-state index in [4.69, 9.17) is 17.2 Å². The monoisotopic (exact) mass is 715 g/mol. The largest absolute Gasteiger partial charge is 0.480 e. The third kappa shape index (κ3) is 14.6. The molecule has 3 aromatic rings. The molecule has 13 nitrogen and oxygen atoms in total. The van der Waals surface area contributed by atoms with Crippen molar-refractivity contribution in [3.8, 4) is 0 Å². The first-order valence-corrected chi connectivity index (χ1v) is 17.8. The van der Waals surface area contributed by atoms with Crippen LogP contribution in [-0.4, -0.2) is 78.0 Å². The number of aliphatic carboxylic acids is 1. The minimum absolute atomic E-state index is 0.0753. The van der Waals surface area contributed by atoms with Crippen molar-refractivity contribution in [3.05, 3.63) is 108 Å². The first kappa shape index (κ1) is 41.3. The van der Waals surface area contributed by atoms with Crippen molar-refractivity contribution in [2.75, 3.05) is 13.1 Å². The fourth-order valence-electron chi connectivity index (χ4n) is 5.69. The number of amides is 4. The summed E-state index contributed by atoms with van der Waals surface area (Å²) in [5.74, 6) is -3.64. The summed E-state index contributed by atoms with van der Waals surface area (Å²) in [6.45, 7) is 0.762. The van der Waals surface area contributed by atoms with E-state index in [0.717, 1.165) is 16.7 Å². The summed E-state index contributed by atoms with van der Waals surface area (Å²) in [7, 11) is 0. The maximum Gasteiger partial charge on any atom is 0.326 e. The highest BCUT2D eigenvalue weighted by Gasteiger charge is 2.32. The van der Waals surface area contributed by atoms with Crippen molar-refractivity contribution in [2.45, 2.75) is 88.0 Å². The Morgan fingerprint density at radius 3 is 1.25 bits per heavy atom. The van der Waals surface area contributed by atoms with Crippen molar-refractivity contribution < 1.29 is 29.1 Å². The topological polar surface area (TPSA) is 232 Å². The van der Waals surface area contributed by atoms with E-state index in [2.05, 4.69) is 21.3 Å². The molecule has 13 heteroatoms. The number of hydrogen-bond donors (Lipinski definition) is 8. The quantitative estimate of drug-likeness (QED) is 0.0661. The second-order valence-electron chi connectivity index (χ2n) is 12.8. The van der Waals surface area contributed by atoms with Crippen LogP contribution in [0, 0.1) is 0 Å². The second kappa shape index (κ2) is 22.7. The zero-order chi connectivity index (χ0) is 37.7. The van der Waals surface area contributed by atoms with Gasteiger partial charge in [-0.2, -0.15) is 0 Å². The van der Waals surface area contributed by atoms with Crippen molar-refractivity contribution in [3.63, 3.8) is 0 Å². The molecule has 3 aromatic carbocycles. The molecule has 11 N–H and O–H groups in total. The third-order valence-electron chi connectivity index (χ3n) is 8.61. The SMILES string of the molecule is NCCCC[C@H](NC(=O)[C@H](CCCCN)NC(=O)[C@H](Cc1ccccc1)NC(=O)[C@H](Cc1ccccc1)NC(=O)[C@@H](N)Cc1ccccc1)C(=O)O. The van der Waals surface area contributed by atoms with Gasteiger partial charge in [0.25, 0.3) is 0 Å². The number of carbonyl (C=O) groups is 5. The van der Waals surface area contributed by atoms with Gasteiger partial charge in [-0.25, -0.2) is 4.79 Å². The molecule has 0 aromatic heterocycles. The average Bonchev–Trinajstić information content (AvgIpc) is 3.14. The Morgan fingerprint density at radius 2 is 0.827 bits per heavy atom. The number of carboxylic acids is 1. The van der Waals surface area contributed by atoms with E-state index in [1.165, 1.54) is 0 Å². The lowest BCUT2D eigenvalue weighted by Crippen LogP contribution is -2.59. The zero-order valence-electron chi connectivity index (χ0n) is 29.5. The van der Waals surface area contributed by atoms with Crippen LogP contribution in [0.1, 0.15) is 55.2 Å². The molecule has 0 heterocycles. The van der Waals surface area contributed by atoms with Crippen LogP contribution in [0.4, 0.5) is 0 Å². The summed E-state index contributed by atoms with van der Waals surface area (Å²) in [5.41, 5.74) is 19.9. The standard InChI is InChI=1S/C39H53N7O6/c40-22-12-10-20-31(36(48)44-32(39(51)52)21-11-13-23-41)43-37(49)34(26-29-18-8-3-9-19-29)46-38(50)33(25-28-16-6-2-7-17-28)45-35(47)30(42)24-27-14-4-1-5-15-27/h1-9,14-19,30-34H,10-13,20-26,40-42H2,(H,43,49)(H,44,48)(H,45,47)(H,46,50)(H,51,52)/t30-,31-,32-,33-,34-/m0/s1. The molecule has 52 heavy (non-hydrogen) atoms. The molecule has 0 aliphatic carbocycles. The number of nitrogens with one attached hydrogen (secondary N) is 4. The molecule has 280 valence electrons. The maximum atomic E-state index is 14.0. The summed E-state index contributed by atoms with van der Waals surface area (Å²) >= 11 is 0. The summed E-state index contributed by atoms with van der Waals surface area (Å²) < 4.78 is 0. The highest BCUT2D eigenvalue weighted by atomic mass is 16.4. The maximum absolute atomic E-state index is 14.0. The molecule has 3 rings (SSSR count). The van der Waals surface area contributed by atoms with E-state index in [1.807, 2.05) is 78.9 Å². The molecule has 0 saturated carbocycles. The Labute approximate surface area is 305 Å². The molecular formula is C39H53N7O6. The van der Waals surface area contributed by atoms with E-state index >= 15 is 0 Å². The van der Waals surface area contributed by atoms with Gasteiger partial charge in [-0.3, -0.25) is 19.2 Å². The van der Waals surface area contributed by atoms with Gasteiger partial charge in [-0.15, -0.1) is 0 Å². The predicted octanol–water partition coefficient (Wildman–Crippen LogP) is 1.32. The molecule has 0 aliphatic rings. The third-order valence-corrected chi connectivity index (χ3v) is 8.61. The number of carboxylic acid groups (broad SMARTS) is 1. The van der Waals surface area contributed by atoms with Crippen molar-refractivity contribution in [2.24, 2.45) is 17.2 Å². The molecule has 0 bridgehead atoms. The molecule has 0 fully saturated rings. The number of benzene rings is 3. The summed E-state index contributed by atoms with van der Waals surface area (Å²) in [6, 6.07) is 22.0. The minimum atomic E-state index is -1.19. The fourth-order valence-corrected chi connectivity index (χ4v) is 5.69. The number of hydrogen-bond acceptors (Lipinski definition) is 8. The fraction of sp³-hybridized carbons (Fsp3) is 0.410. The molecule has 0 aliphatic heterocycles. The van der Waals surface area contributed by atoms with E-state index in [9.17, 15) is 29.1 Å². The van der Waals surface area contributed by atoms with Gasteiger partial charge in [0.2, 0.25) is 23.6 Å². The van der Waals surface area contributed by atoms with E-state index < -0.39 is 59.8 Å². The van der Waals surface area contributed by atoms with Gasteiger partial charge < -0.3 is 43.6 Å². The normalized spacial score (nSPS) is 13.8. The minimum Gasteiger partial charge on any atom is -0.480 e. The lowest BCUT2D eigenvalue weighted by atomic mass is 10.0. The molecular weight excluding hydrogens is 662 g/mol. The van der Waals surface area contributed by atoms with Gasteiger partial charge in [0.1, 0.15) is 24.2 Å². The van der Waals surface area contributed by atoms with Gasteiger partial charge in [-0.05, 0) is 74.7 Å². The number of nitrogens with two attached hydrogens (primary N) is 3. The van der Waals surface area contributed by atoms with Crippen LogP contribution in [0.2, 0.25) is 0 Å². The van der Waals surface area contributed by atoms with Crippen LogP contribution in [0.5, 0.6) is 0 Å². The highest BCUT2D eigenvalue weighted by Crippen LogP contribution is 2.11. The summed E-state index contributed by atoms with van der Waals surface area (Å²) in [6.07, 6.45) is 3.00. The molecule has 0 unspecified atom stereocenters. The van der Waals surface area contributed by atoms with Crippen molar-refractivity contribution in [1.29, 1.82) is 0 Å².